The minimum atomic E-state index is -1.56. The third-order valence-corrected chi connectivity index (χ3v) is 5.00. The molecule has 0 fully saturated rings. The molecule has 196 valence electrons. The van der Waals surface area contributed by atoms with Crippen LogP contribution in [0, 0.1) is 5.92 Å². The van der Waals surface area contributed by atoms with E-state index in [1.165, 1.54) is 6.92 Å². The highest BCUT2D eigenvalue weighted by molar-refractivity contribution is 5.94. The lowest BCUT2D eigenvalue weighted by Crippen LogP contribution is -2.58. The van der Waals surface area contributed by atoms with Gasteiger partial charge in [-0.15, -0.1) is 0 Å². The van der Waals surface area contributed by atoms with Gasteiger partial charge < -0.3 is 43.4 Å². The molecule has 0 aromatic heterocycles. The van der Waals surface area contributed by atoms with Crippen molar-refractivity contribution in [1.29, 1.82) is 0 Å². The largest absolute Gasteiger partial charge is 0.480 e. The monoisotopic (exact) mass is 488 g/mol. The zero-order valence-electron chi connectivity index (χ0n) is 20.1. The van der Waals surface area contributed by atoms with Crippen molar-refractivity contribution >= 4 is 29.6 Å². The first-order chi connectivity index (χ1) is 15.8. The van der Waals surface area contributed by atoms with Crippen molar-refractivity contribution < 1.29 is 34.2 Å². The van der Waals surface area contributed by atoms with Crippen molar-refractivity contribution in [3.05, 3.63) is 0 Å². The number of amides is 4. The first-order valence-corrected chi connectivity index (χ1v) is 11.4. The van der Waals surface area contributed by atoms with Gasteiger partial charge >= 0.3 is 5.97 Å². The van der Waals surface area contributed by atoms with Crippen molar-refractivity contribution in [2.45, 2.75) is 89.6 Å². The van der Waals surface area contributed by atoms with Gasteiger partial charge in [-0.05, 0) is 51.5 Å². The summed E-state index contributed by atoms with van der Waals surface area (Å²) in [4.78, 5) is 60.4. The number of aliphatic hydroxyl groups is 1. The molecule has 0 aromatic rings. The second-order valence-electron chi connectivity index (χ2n) is 8.71. The SMILES string of the molecule is CC(C)C[C@H](NC(=O)[C@@H](N)CCC(N)=O)C(=O)N[C@@H](CCCCN)C(=O)N[C@H](C(=O)O)[C@@H](C)O. The third kappa shape index (κ3) is 12.5. The summed E-state index contributed by atoms with van der Waals surface area (Å²) in [5.74, 6) is -4.12. The maximum absolute atomic E-state index is 13.0. The Labute approximate surface area is 199 Å². The van der Waals surface area contributed by atoms with E-state index in [0.29, 0.717) is 19.4 Å². The average molecular weight is 489 g/mol. The predicted molar refractivity (Wildman–Crippen MR) is 124 cm³/mol. The van der Waals surface area contributed by atoms with Gasteiger partial charge in [0.1, 0.15) is 12.1 Å². The molecule has 34 heavy (non-hydrogen) atoms. The Morgan fingerprint density at radius 1 is 0.853 bits per heavy atom. The Balaban J connectivity index is 5.48. The molecule has 0 rings (SSSR count). The van der Waals surface area contributed by atoms with Crippen LogP contribution in [0.4, 0.5) is 0 Å². The van der Waals surface area contributed by atoms with Gasteiger partial charge in [-0.1, -0.05) is 13.8 Å². The summed E-state index contributed by atoms with van der Waals surface area (Å²) in [6.07, 6.45) is 0.00500. The van der Waals surface area contributed by atoms with Crippen LogP contribution in [0.3, 0.4) is 0 Å². The highest BCUT2D eigenvalue weighted by Crippen LogP contribution is 2.09. The van der Waals surface area contributed by atoms with Crippen molar-refractivity contribution in [2.75, 3.05) is 6.54 Å². The molecule has 0 unspecified atom stereocenters. The number of nitrogens with one attached hydrogen (secondary N) is 3. The molecule has 0 spiro atoms. The minimum Gasteiger partial charge on any atom is -0.480 e. The number of carboxylic acids is 1. The number of unbranched alkanes of at least 4 members (excludes halogenated alkanes) is 1. The quantitative estimate of drug-likeness (QED) is 0.102. The van der Waals surface area contributed by atoms with Crippen LogP contribution in [0.5, 0.6) is 0 Å². The molecular weight excluding hydrogens is 448 g/mol. The number of hydrogen-bond acceptors (Lipinski definition) is 8. The van der Waals surface area contributed by atoms with E-state index in [2.05, 4.69) is 16.0 Å². The molecule has 11 N–H and O–H groups in total. The van der Waals surface area contributed by atoms with E-state index in [4.69, 9.17) is 17.2 Å². The Morgan fingerprint density at radius 3 is 1.88 bits per heavy atom. The summed E-state index contributed by atoms with van der Waals surface area (Å²) in [7, 11) is 0. The van der Waals surface area contributed by atoms with Gasteiger partial charge in [0, 0.05) is 6.42 Å². The van der Waals surface area contributed by atoms with Crippen molar-refractivity contribution in [2.24, 2.45) is 23.1 Å². The zero-order valence-corrected chi connectivity index (χ0v) is 20.1. The van der Waals surface area contributed by atoms with Crippen LogP contribution in [0.1, 0.15) is 59.3 Å². The Hall–Kier alpha value is -2.77. The summed E-state index contributed by atoms with van der Waals surface area (Å²) < 4.78 is 0. The van der Waals surface area contributed by atoms with Crippen LogP contribution in [0.2, 0.25) is 0 Å². The molecule has 4 amide bonds. The number of carbonyl (C=O) groups excluding carboxylic acids is 4. The number of carboxylic acid groups (broad SMARTS) is 1. The summed E-state index contributed by atoms with van der Waals surface area (Å²) >= 11 is 0. The normalized spacial score (nSPS) is 15.5. The van der Waals surface area contributed by atoms with E-state index in [9.17, 15) is 34.2 Å². The third-order valence-electron chi connectivity index (χ3n) is 5.00. The van der Waals surface area contributed by atoms with Crippen molar-refractivity contribution in [3.63, 3.8) is 0 Å². The fraction of sp³-hybridized carbons (Fsp3) is 0.762. The Bertz CT molecular complexity index is 701. The van der Waals surface area contributed by atoms with E-state index < -0.39 is 59.9 Å². The number of aliphatic hydroxyl groups excluding tert-OH is 1. The van der Waals surface area contributed by atoms with Crippen LogP contribution in [-0.2, 0) is 24.0 Å². The Morgan fingerprint density at radius 2 is 1.41 bits per heavy atom. The van der Waals surface area contributed by atoms with Crippen molar-refractivity contribution in [3.8, 4) is 0 Å². The van der Waals surface area contributed by atoms with Crippen LogP contribution in [0.25, 0.3) is 0 Å². The molecule has 0 aromatic carbocycles. The molecule has 0 aliphatic carbocycles. The van der Waals surface area contributed by atoms with E-state index in [-0.39, 0.29) is 31.6 Å². The maximum atomic E-state index is 13.0. The molecule has 0 heterocycles. The summed E-state index contributed by atoms with van der Waals surface area (Å²) in [6, 6.07) is -4.75. The summed E-state index contributed by atoms with van der Waals surface area (Å²) in [6.45, 7) is 5.26. The van der Waals surface area contributed by atoms with E-state index in [0.717, 1.165) is 0 Å². The minimum absolute atomic E-state index is 0.00552. The lowest BCUT2D eigenvalue weighted by molar-refractivity contribution is -0.145. The molecule has 0 aliphatic rings. The van der Waals surface area contributed by atoms with E-state index in [1.54, 1.807) is 0 Å². The molecule has 0 bridgehead atoms. The van der Waals surface area contributed by atoms with Gasteiger partial charge in [0.05, 0.1) is 12.1 Å². The second-order valence-corrected chi connectivity index (χ2v) is 8.71. The number of nitrogens with two attached hydrogens (primary N) is 3. The molecule has 0 saturated carbocycles. The van der Waals surface area contributed by atoms with Gasteiger partial charge in [0.15, 0.2) is 6.04 Å². The van der Waals surface area contributed by atoms with Crippen LogP contribution >= 0.6 is 0 Å². The fourth-order valence-electron chi connectivity index (χ4n) is 3.09. The highest BCUT2D eigenvalue weighted by atomic mass is 16.4. The molecule has 13 nitrogen and oxygen atoms in total. The maximum Gasteiger partial charge on any atom is 0.328 e. The lowest BCUT2D eigenvalue weighted by Gasteiger charge is -2.26. The predicted octanol–water partition coefficient (Wildman–Crippen LogP) is -2.33. The molecule has 13 heteroatoms. The Kier molecular flexibility index (Phi) is 14.7. The number of primary amides is 1. The smallest absolute Gasteiger partial charge is 0.328 e. The second kappa shape index (κ2) is 16.0. The van der Waals surface area contributed by atoms with Gasteiger partial charge in [-0.3, -0.25) is 19.2 Å². The van der Waals surface area contributed by atoms with E-state index >= 15 is 0 Å². The summed E-state index contributed by atoms with van der Waals surface area (Å²) in [5, 5.41) is 26.2. The van der Waals surface area contributed by atoms with Gasteiger partial charge in [-0.25, -0.2) is 4.79 Å². The standard InChI is InChI=1S/C21H40N6O7/c1-11(2)10-15(26-18(30)13(23)7-8-16(24)29)20(32)25-14(6-4-5-9-22)19(31)27-17(12(3)28)21(33)34/h11-15,17,28H,4-10,22-23H2,1-3H3,(H2,24,29)(H,25,32)(H,26,30)(H,27,31)(H,33,34)/t12-,13+,14+,15+,17+/m1/s1. The topological polar surface area (TPSA) is 240 Å². The van der Waals surface area contributed by atoms with E-state index in [1.807, 2.05) is 13.8 Å². The van der Waals surface area contributed by atoms with Crippen LogP contribution < -0.4 is 33.2 Å². The average Bonchev–Trinajstić information content (AvgIpc) is 2.73. The van der Waals surface area contributed by atoms with Crippen LogP contribution in [-0.4, -0.2) is 76.6 Å². The molecule has 0 aliphatic heterocycles. The number of hydrogen-bond donors (Lipinski definition) is 8. The molecule has 0 radical (unpaired) electrons. The first kappa shape index (κ1) is 31.2. The molecule has 5 atom stereocenters. The van der Waals surface area contributed by atoms with Gasteiger partial charge in [-0.2, -0.15) is 0 Å². The number of carbonyl (C=O) groups is 5. The molecular formula is C21H40N6O7. The lowest BCUT2D eigenvalue weighted by atomic mass is 10.0. The van der Waals surface area contributed by atoms with Gasteiger partial charge in [0.2, 0.25) is 23.6 Å². The fourth-order valence-corrected chi connectivity index (χ4v) is 3.09. The number of aliphatic carboxylic acids is 1. The zero-order chi connectivity index (χ0) is 26.4. The molecule has 0 saturated heterocycles. The first-order valence-electron chi connectivity index (χ1n) is 11.4. The van der Waals surface area contributed by atoms with Crippen molar-refractivity contribution in [1.82, 2.24) is 16.0 Å². The van der Waals surface area contributed by atoms with Gasteiger partial charge in [0.25, 0.3) is 0 Å². The summed E-state index contributed by atoms with van der Waals surface area (Å²) in [5.41, 5.74) is 16.3. The van der Waals surface area contributed by atoms with Crippen LogP contribution in [0.15, 0.2) is 0 Å². The highest BCUT2D eigenvalue weighted by Gasteiger charge is 2.32. The number of rotatable bonds is 17.